The summed E-state index contributed by atoms with van der Waals surface area (Å²) in [5, 5.41) is 0.788. The lowest BCUT2D eigenvalue weighted by Gasteiger charge is -2.37. The maximum atomic E-state index is 11.4. The first-order valence-electron chi connectivity index (χ1n) is 7.78. The fraction of sp³-hybridized carbons (Fsp3) is 0.562. The molecule has 1 amide bonds. The molecule has 0 saturated carbocycles. The van der Waals surface area contributed by atoms with E-state index in [-0.39, 0.29) is 6.09 Å². The molecule has 1 aromatic rings. The zero-order chi connectivity index (χ0) is 15.5. The average Bonchev–Trinajstić information content (AvgIpc) is 2.93. The number of piperazine rings is 1. The number of nitrogens with zero attached hydrogens (tertiary/aromatic N) is 3. The molecule has 0 unspecified atom stereocenters. The highest BCUT2D eigenvalue weighted by Crippen LogP contribution is 2.25. The van der Waals surface area contributed by atoms with Crippen molar-refractivity contribution in [3.63, 3.8) is 0 Å². The molecule has 2 fully saturated rings. The van der Waals surface area contributed by atoms with Crippen LogP contribution in [-0.4, -0.2) is 68.3 Å². The van der Waals surface area contributed by atoms with Crippen LogP contribution >= 0.6 is 11.6 Å². The Hall–Kier alpha value is -1.46. The highest BCUT2D eigenvalue weighted by Gasteiger charge is 2.24. The Morgan fingerprint density at radius 2 is 1.91 bits per heavy atom. The summed E-state index contributed by atoms with van der Waals surface area (Å²) in [6.45, 7) is 9.05. The van der Waals surface area contributed by atoms with E-state index in [2.05, 4.69) is 22.8 Å². The summed E-state index contributed by atoms with van der Waals surface area (Å²) in [5.41, 5.74) is 2.49. The predicted molar refractivity (Wildman–Crippen MR) is 87.8 cm³/mol. The van der Waals surface area contributed by atoms with Crippen molar-refractivity contribution in [3.05, 3.63) is 28.8 Å². The summed E-state index contributed by atoms with van der Waals surface area (Å²) in [5.74, 6) is 0. The minimum Gasteiger partial charge on any atom is -0.448 e. The van der Waals surface area contributed by atoms with Crippen LogP contribution < -0.4 is 4.90 Å². The van der Waals surface area contributed by atoms with Gasteiger partial charge in [0.2, 0.25) is 0 Å². The van der Waals surface area contributed by atoms with E-state index in [0.29, 0.717) is 6.61 Å². The van der Waals surface area contributed by atoms with E-state index >= 15 is 0 Å². The fourth-order valence-corrected chi connectivity index (χ4v) is 3.19. The first-order chi connectivity index (χ1) is 10.6. The highest BCUT2D eigenvalue weighted by atomic mass is 35.5. The molecule has 2 saturated heterocycles. The number of cyclic esters (lactones) is 1. The second-order valence-corrected chi connectivity index (χ2v) is 6.30. The molecule has 0 N–H and O–H groups in total. The van der Waals surface area contributed by atoms with Gasteiger partial charge in [-0.25, -0.2) is 4.79 Å². The van der Waals surface area contributed by atoms with E-state index in [1.54, 1.807) is 4.90 Å². The number of halogens is 1. The topological polar surface area (TPSA) is 36.0 Å². The smallest absolute Gasteiger partial charge is 0.409 e. The highest BCUT2D eigenvalue weighted by molar-refractivity contribution is 6.30. The van der Waals surface area contributed by atoms with Gasteiger partial charge >= 0.3 is 6.09 Å². The second kappa shape index (κ2) is 6.75. The van der Waals surface area contributed by atoms with Crippen LogP contribution in [-0.2, 0) is 4.74 Å². The van der Waals surface area contributed by atoms with Gasteiger partial charge < -0.3 is 14.5 Å². The third-order valence-corrected chi connectivity index (χ3v) is 4.65. The molecule has 2 heterocycles. The van der Waals surface area contributed by atoms with Crippen LogP contribution in [0.2, 0.25) is 5.02 Å². The molecule has 0 bridgehead atoms. The van der Waals surface area contributed by atoms with E-state index in [1.807, 2.05) is 12.1 Å². The minimum atomic E-state index is -0.173. The van der Waals surface area contributed by atoms with E-state index in [4.69, 9.17) is 16.3 Å². The molecule has 6 heteroatoms. The first-order valence-corrected chi connectivity index (χ1v) is 8.16. The van der Waals surface area contributed by atoms with Crippen LogP contribution in [0.15, 0.2) is 18.2 Å². The molecule has 2 aliphatic rings. The van der Waals surface area contributed by atoms with E-state index in [0.717, 1.165) is 50.8 Å². The van der Waals surface area contributed by atoms with Crippen LogP contribution in [0.25, 0.3) is 0 Å². The Bertz CT molecular complexity index is 544. The van der Waals surface area contributed by atoms with Crippen molar-refractivity contribution in [2.24, 2.45) is 0 Å². The van der Waals surface area contributed by atoms with Gasteiger partial charge in [-0.15, -0.1) is 0 Å². The molecule has 3 rings (SSSR count). The molecule has 0 atom stereocenters. The van der Waals surface area contributed by atoms with Crippen molar-refractivity contribution in [1.29, 1.82) is 0 Å². The molecule has 1 aromatic carbocycles. The standard InChI is InChI=1S/C16H22ClN3O2/c1-13-2-3-14(17)12-15(13)19-7-4-18(5-8-19)6-9-20-10-11-22-16(20)21/h2-3,12H,4-11H2,1H3. The monoisotopic (exact) mass is 323 g/mol. The van der Waals surface area contributed by atoms with Crippen molar-refractivity contribution < 1.29 is 9.53 Å². The maximum Gasteiger partial charge on any atom is 0.409 e. The number of ether oxygens (including phenoxy) is 1. The summed E-state index contributed by atoms with van der Waals surface area (Å²) < 4.78 is 4.95. The van der Waals surface area contributed by atoms with Gasteiger partial charge in [0, 0.05) is 50.0 Å². The van der Waals surface area contributed by atoms with Gasteiger partial charge in [0.1, 0.15) is 6.61 Å². The Morgan fingerprint density at radius 1 is 1.14 bits per heavy atom. The Balaban J connectivity index is 1.50. The number of rotatable bonds is 4. The normalized spacial score (nSPS) is 19.6. The second-order valence-electron chi connectivity index (χ2n) is 5.86. The van der Waals surface area contributed by atoms with E-state index in [9.17, 15) is 4.79 Å². The summed E-state index contributed by atoms with van der Waals surface area (Å²) in [7, 11) is 0. The first kappa shape index (κ1) is 15.4. The minimum absolute atomic E-state index is 0.173. The molecule has 0 radical (unpaired) electrons. The molecule has 0 aromatic heterocycles. The zero-order valence-electron chi connectivity index (χ0n) is 12.9. The SMILES string of the molecule is Cc1ccc(Cl)cc1N1CCN(CCN2CCOC2=O)CC1. The number of anilines is 1. The third-order valence-electron chi connectivity index (χ3n) is 4.42. The predicted octanol–water partition coefficient (Wildman–Crippen LogP) is 2.22. The molecular formula is C16H22ClN3O2. The van der Waals surface area contributed by atoms with Crippen LogP contribution in [0.1, 0.15) is 5.56 Å². The van der Waals surface area contributed by atoms with Gasteiger partial charge in [-0.05, 0) is 24.6 Å². The largest absolute Gasteiger partial charge is 0.448 e. The lowest BCUT2D eigenvalue weighted by Crippen LogP contribution is -2.48. The van der Waals surface area contributed by atoms with Crippen LogP contribution in [0.3, 0.4) is 0 Å². The Labute approximate surface area is 136 Å². The number of carbonyl (C=O) groups is 1. The molecule has 120 valence electrons. The molecule has 2 aliphatic heterocycles. The lowest BCUT2D eigenvalue weighted by atomic mass is 10.1. The van der Waals surface area contributed by atoms with Gasteiger partial charge in [-0.3, -0.25) is 4.90 Å². The molecule has 0 spiro atoms. The number of carbonyl (C=O) groups excluding carboxylic acids is 1. The van der Waals surface area contributed by atoms with Gasteiger partial charge in [0.05, 0.1) is 6.54 Å². The van der Waals surface area contributed by atoms with Crippen molar-refractivity contribution >= 4 is 23.4 Å². The van der Waals surface area contributed by atoms with Gasteiger partial charge in [0.15, 0.2) is 0 Å². The quantitative estimate of drug-likeness (QED) is 0.851. The van der Waals surface area contributed by atoms with Crippen molar-refractivity contribution in [3.8, 4) is 0 Å². The number of hydrogen-bond donors (Lipinski definition) is 0. The molecule has 0 aliphatic carbocycles. The van der Waals surface area contributed by atoms with Crippen LogP contribution in [0.4, 0.5) is 10.5 Å². The summed E-state index contributed by atoms with van der Waals surface area (Å²) in [6.07, 6.45) is -0.173. The van der Waals surface area contributed by atoms with Crippen molar-refractivity contribution in [2.75, 3.05) is 57.3 Å². The lowest BCUT2D eigenvalue weighted by molar-refractivity contribution is 0.152. The number of benzene rings is 1. The summed E-state index contributed by atoms with van der Waals surface area (Å²) >= 11 is 6.11. The number of hydrogen-bond acceptors (Lipinski definition) is 4. The fourth-order valence-electron chi connectivity index (χ4n) is 3.03. The molecule has 5 nitrogen and oxygen atoms in total. The van der Waals surface area contributed by atoms with E-state index < -0.39 is 0 Å². The number of aryl methyl sites for hydroxylation is 1. The number of amides is 1. The van der Waals surface area contributed by atoms with Gasteiger partial charge in [-0.2, -0.15) is 0 Å². The van der Waals surface area contributed by atoms with Crippen LogP contribution in [0.5, 0.6) is 0 Å². The third kappa shape index (κ3) is 3.47. The Kier molecular flexibility index (Phi) is 4.74. The van der Waals surface area contributed by atoms with Crippen molar-refractivity contribution in [1.82, 2.24) is 9.80 Å². The van der Waals surface area contributed by atoms with E-state index in [1.165, 1.54) is 11.3 Å². The zero-order valence-corrected chi connectivity index (χ0v) is 13.7. The summed E-state index contributed by atoms with van der Waals surface area (Å²) in [6, 6.07) is 6.06. The van der Waals surface area contributed by atoms with Gasteiger partial charge in [0.25, 0.3) is 0 Å². The molecule has 22 heavy (non-hydrogen) atoms. The van der Waals surface area contributed by atoms with Crippen molar-refractivity contribution in [2.45, 2.75) is 6.92 Å². The molecular weight excluding hydrogens is 302 g/mol. The van der Waals surface area contributed by atoms with Crippen LogP contribution in [0, 0.1) is 6.92 Å². The maximum absolute atomic E-state index is 11.4. The average molecular weight is 324 g/mol. The summed E-state index contributed by atoms with van der Waals surface area (Å²) in [4.78, 5) is 18.0. The van der Waals surface area contributed by atoms with Gasteiger partial charge in [-0.1, -0.05) is 17.7 Å². The Morgan fingerprint density at radius 3 is 2.59 bits per heavy atom.